The van der Waals surface area contributed by atoms with Gasteiger partial charge >= 0.3 is 0 Å². The Morgan fingerprint density at radius 3 is 2.68 bits per heavy atom. The van der Waals surface area contributed by atoms with E-state index in [0.717, 1.165) is 31.2 Å². The quantitative estimate of drug-likeness (QED) is 0.347. The molecule has 2 rings (SSSR count). The maximum absolute atomic E-state index is 10.7. The number of piperidine rings is 1. The van der Waals surface area contributed by atoms with Crippen LogP contribution in [0.1, 0.15) is 32.3 Å². The van der Waals surface area contributed by atoms with Gasteiger partial charge in [0.2, 0.25) is 0 Å². The summed E-state index contributed by atoms with van der Waals surface area (Å²) in [5.41, 5.74) is -0.0761. The zero-order valence-corrected chi connectivity index (χ0v) is 18.0. The smallest absolute Gasteiger partial charge is 0.191 e. The number of likely N-dealkylation sites (tertiary alicyclic amines) is 1. The van der Waals surface area contributed by atoms with Crippen LogP contribution in [0.3, 0.4) is 0 Å². The summed E-state index contributed by atoms with van der Waals surface area (Å²) >= 11 is 0. The minimum atomic E-state index is -0.964. The molecule has 1 aliphatic rings. The Labute approximate surface area is 169 Å². The van der Waals surface area contributed by atoms with Crippen LogP contribution in [0.15, 0.2) is 35.3 Å². The molecule has 0 bridgehead atoms. The van der Waals surface area contributed by atoms with Crippen LogP contribution in [0.2, 0.25) is 0 Å². The summed E-state index contributed by atoms with van der Waals surface area (Å²) in [5.74, 6) is 1.43. The van der Waals surface area contributed by atoms with Gasteiger partial charge in [0.25, 0.3) is 0 Å². The number of hydrogen-bond acceptors (Lipinski definition) is 3. The van der Waals surface area contributed by atoms with Crippen molar-refractivity contribution >= 4 is 29.9 Å². The van der Waals surface area contributed by atoms with E-state index < -0.39 is 5.60 Å². The molecule has 1 heterocycles. The second-order valence-electron chi connectivity index (χ2n) is 6.99. The average Bonchev–Trinajstić information content (AvgIpc) is 2.58. The fourth-order valence-electron chi connectivity index (χ4n) is 3.14. The first-order valence-electron chi connectivity index (χ1n) is 9.00. The fourth-order valence-corrected chi connectivity index (χ4v) is 3.14. The van der Waals surface area contributed by atoms with Crippen molar-refractivity contribution in [3.05, 3.63) is 35.9 Å². The molecule has 2 unspecified atom stereocenters. The zero-order valence-electron chi connectivity index (χ0n) is 15.7. The lowest BCUT2D eigenvalue weighted by atomic mass is 9.96. The van der Waals surface area contributed by atoms with Gasteiger partial charge in [0, 0.05) is 19.6 Å². The number of nitrogens with one attached hydrogen (secondary N) is 2. The van der Waals surface area contributed by atoms with E-state index in [9.17, 15) is 5.11 Å². The van der Waals surface area contributed by atoms with Crippen molar-refractivity contribution in [2.24, 2.45) is 10.9 Å². The van der Waals surface area contributed by atoms with E-state index in [1.807, 2.05) is 37.3 Å². The van der Waals surface area contributed by atoms with Crippen molar-refractivity contribution in [2.45, 2.75) is 32.3 Å². The molecule has 1 aromatic carbocycles. The van der Waals surface area contributed by atoms with E-state index >= 15 is 0 Å². The van der Waals surface area contributed by atoms with Crippen molar-refractivity contribution in [1.82, 2.24) is 15.5 Å². The van der Waals surface area contributed by atoms with Gasteiger partial charge in [0.1, 0.15) is 5.60 Å². The van der Waals surface area contributed by atoms with Crippen molar-refractivity contribution in [3.63, 3.8) is 0 Å². The molecule has 2 atom stereocenters. The first-order chi connectivity index (χ1) is 11.5. The van der Waals surface area contributed by atoms with Crippen molar-refractivity contribution < 1.29 is 5.11 Å². The van der Waals surface area contributed by atoms with E-state index in [1.54, 1.807) is 0 Å². The Bertz CT molecular complexity index is 521. The molecule has 0 spiro atoms. The van der Waals surface area contributed by atoms with Gasteiger partial charge in [-0.15, -0.1) is 24.0 Å². The van der Waals surface area contributed by atoms with Gasteiger partial charge < -0.3 is 20.6 Å². The predicted molar refractivity (Wildman–Crippen MR) is 116 cm³/mol. The van der Waals surface area contributed by atoms with Gasteiger partial charge in [-0.3, -0.25) is 0 Å². The van der Waals surface area contributed by atoms with Crippen LogP contribution in [0.4, 0.5) is 0 Å². The van der Waals surface area contributed by atoms with Crippen LogP contribution in [0.25, 0.3) is 0 Å². The average molecular weight is 460 g/mol. The minimum Gasteiger partial charge on any atom is -0.384 e. The van der Waals surface area contributed by atoms with Crippen LogP contribution >= 0.6 is 24.0 Å². The highest BCUT2D eigenvalue weighted by Gasteiger charge is 2.23. The molecule has 25 heavy (non-hydrogen) atoms. The number of hydrogen-bond donors (Lipinski definition) is 3. The van der Waals surface area contributed by atoms with E-state index in [4.69, 9.17) is 0 Å². The van der Waals surface area contributed by atoms with Gasteiger partial charge in [0.15, 0.2) is 5.96 Å². The summed E-state index contributed by atoms with van der Waals surface area (Å²) in [4.78, 5) is 6.98. The molecule has 0 aromatic heterocycles. The van der Waals surface area contributed by atoms with Gasteiger partial charge in [0.05, 0.1) is 6.54 Å². The largest absolute Gasteiger partial charge is 0.384 e. The number of guanidine groups is 1. The summed E-state index contributed by atoms with van der Waals surface area (Å²) in [6.07, 6.45) is 2.53. The highest BCUT2D eigenvalue weighted by atomic mass is 127. The van der Waals surface area contributed by atoms with E-state index in [2.05, 4.69) is 34.5 Å². The third-order valence-electron chi connectivity index (χ3n) is 4.57. The van der Waals surface area contributed by atoms with Crippen LogP contribution in [-0.2, 0) is 5.60 Å². The molecule has 1 aliphatic heterocycles. The number of aliphatic imine (C=N–C) groups is 1. The Morgan fingerprint density at radius 2 is 2.04 bits per heavy atom. The predicted octanol–water partition coefficient (Wildman–Crippen LogP) is 2.41. The number of aliphatic hydroxyl groups is 1. The highest BCUT2D eigenvalue weighted by molar-refractivity contribution is 14.0. The first-order valence-corrected chi connectivity index (χ1v) is 9.00. The third-order valence-corrected chi connectivity index (χ3v) is 4.57. The molecule has 142 valence electrons. The molecule has 1 aromatic rings. The molecular weight excluding hydrogens is 427 g/mol. The molecule has 0 radical (unpaired) electrons. The topological polar surface area (TPSA) is 59.9 Å². The molecule has 0 aliphatic carbocycles. The van der Waals surface area contributed by atoms with Gasteiger partial charge in [-0.05, 0) is 51.8 Å². The van der Waals surface area contributed by atoms with Crippen LogP contribution in [-0.4, -0.2) is 55.7 Å². The first kappa shape index (κ1) is 22.2. The standard InChI is InChI=1S/C19H32N4O.HI/c1-4-20-18(21-13-16-9-8-12-23(3)14-16)22-15-19(2,24)17-10-6-5-7-11-17;/h5-7,10-11,16,24H,4,8-9,12-15H2,1-3H3,(H2,20,21,22);1H. The number of rotatable bonds is 6. The van der Waals surface area contributed by atoms with E-state index in [1.165, 1.54) is 19.4 Å². The maximum Gasteiger partial charge on any atom is 0.191 e. The number of nitrogens with zero attached hydrogens (tertiary/aromatic N) is 2. The minimum absolute atomic E-state index is 0. The highest BCUT2D eigenvalue weighted by Crippen LogP contribution is 2.20. The zero-order chi connectivity index (χ0) is 17.4. The Balaban J connectivity index is 0.00000312. The van der Waals surface area contributed by atoms with E-state index in [0.29, 0.717) is 12.5 Å². The molecule has 3 N–H and O–H groups in total. The van der Waals surface area contributed by atoms with Crippen molar-refractivity contribution in [3.8, 4) is 0 Å². The Hall–Kier alpha value is -0.860. The number of benzene rings is 1. The third kappa shape index (κ3) is 7.50. The molecule has 1 fully saturated rings. The van der Waals surface area contributed by atoms with Crippen LogP contribution < -0.4 is 10.6 Å². The molecular formula is C19H33IN4O. The summed E-state index contributed by atoms with van der Waals surface area (Å²) in [6, 6.07) is 9.71. The summed E-state index contributed by atoms with van der Waals surface area (Å²) in [6.45, 7) is 8.26. The van der Waals surface area contributed by atoms with Crippen LogP contribution in [0.5, 0.6) is 0 Å². The molecule has 6 heteroatoms. The van der Waals surface area contributed by atoms with Gasteiger partial charge in [-0.25, -0.2) is 4.99 Å². The summed E-state index contributed by atoms with van der Waals surface area (Å²) < 4.78 is 0. The van der Waals surface area contributed by atoms with E-state index in [-0.39, 0.29) is 24.0 Å². The monoisotopic (exact) mass is 460 g/mol. The lowest BCUT2D eigenvalue weighted by molar-refractivity contribution is 0.0672. The van der Waals surface area contributed by atoms with Crippen LogP contribution in [0, 0.1) is 5.92 Å². The fraction of sp³-hybridized carbons (Fsp3) is 0.632. The van der Waals surface area contributed by atoms with Gasteiger partial charge in [-0.1, -0.05) is 30.3 Å². The summed E-state index contributed by atoms with van der Waals surface area (Å²) in [5, 5.41) is 17.4. The molecule has 0 saturated carbocycles. The van der Waals surface area contributed by atoms with Gasteiger partial charge in [-0.2, -0.15) is 0 Å². The molecule has 5 nitrogen and oxygen atoms in total. The SMILES string of the molecule is CCNC(=NCC(C)(O)c1ccccc1)NCC1CCCN(C)C1.I. The lowest BCUT2D eigenvalue weighted by Crippen LogP contribution is -2.44. The number of halogens is 1. The van der Waals surface area contributed by atoms with Crippen molar-refractivity contribution in [1.29, 1.82) is 0 Å². The normalized spacial score (nSPS) is 21.1. The summed E-state index contributed by atoms with van der Waals surface area (Å²) in [7, 11) is 2.18. The molecule has 1 saturated heterocycles. The Kier molecular flexibility index (Phi) is 9.74. The van der Waals surface area contributed by atoms with Crippen molar-refractivity contribution in [2.75, 3.05) is 39.8 Å². The lowest BCUT2D eigenvalue weighted by Gasteiger charge is -2.30. The second-order valence-corrected chi connectivity index (χ2v) is 6.99. The molecule has 0 amide bonds. The maximum atomic E-state index is 10.7. The Morgan fingerprint density at radius 1 is 1.32 bits per heavy atom. The second kappa shape index (κ2) is 11.0.